The molecule has 2 rings (SSSR count). The van der Waals surface area contributed by atoms with Crippen molar-refractivity contribution in [1.29, 1.82) is 0 Å². The molecule has 0 aromatic heterocycles. The minimum absolute atomic E-state index is 0.348. The van der Waals surface area contributed by atoms with Gasteiger partial charge in [0.25, 0.3) is 0 Å². The molecule has 0 saturated heterocycles. The third-order valence-corrected chi connectivity index (χ3v) is 4.41. The van der Waals surface area contributed by atoms with Crippen LogP contribution in [0.4, 0.5) is 0 Å². The topological polar surface area (TPSA) is 76.4 Å². The Kier molecular flexibility index (Phi) is 7.79. The normalized spacial score (nSPS) is 12.1. The Bertz CT molecular complexity index is 964. The lowest BCUT2D eigenvalue weighted by Gasteiger charge is -2.11. The van der Waals surface area contributed by atoms with Gasteiger partial charge in [0.1, 0.15) is 0 Å². The Balaban J connectivity index is 2.32. The van der Waals surface area contributed by atoms with E-state index in [1.54, 1.807) is 6.08 Å². The first-order chi connectivity index (χ1) is 13.9. The van der Waals surface area contributed by atoms with E-state index < -0.39 is 0 Å². The van der Waals surface area contributed by atoms with Gasteiger partial charge in [-0.1, -0.05) is 74.5 Å². The molecular weight excluding hydrogens is 356 g/mol. The first kappa shape index (κ1) is 22.0. The van der Waals surface area contributed by atoms with E-state index in [2.05, 4.69) is 74.7 Å². The summed E-state index contributed by atoms with van der Waals surface area (Å²) in [4.78, 5) is 4.67. The van der Waals surface area contributed by atoms with Gasteiger partial charge in [0.2, 0.25) is 0 Å². The number of nitrogens with two attached hydrogens (primary N) is 2. The molecule has 5 N–H and O–H groups in total. The van der Waals surface area contributed by atoms with Crippen LogP contribution in [-0.4, -0.2) is 5.71 Å². The van der Waals surface area contributed by atoms with Crippen LogP contribution in [0.1, 0.15) is 38.8 Å². The van der Waals surface area contributed by atoms with Gasteiger partial charge in [-0.25, -0.2) is 0 Å². The predicted octanol–water partition coefficient (Wildman–Crippen LogP) is 5.15. The average molecular weight is 387 g/mol. The number of nitrogens with one attached hydrogen (secondary N) is 1. The number of aliphatic imine (C=N–C) groups is 1. The van der Waals surface area contributed by atoms with Crippen molar-refractivity contribution in [2.75, 3.05) is 0 Å². The zero-order valence-corrected chi connectivity index (χ0v) is 17.7. The molecule has 0 radical (unpaired) electrons. The third kappa shape index (κ3) is 5.82. The van der Waals surface area contributed by atoms with Crippen LogP contribution < -0.4 is 17.0 Å². The van der Waals surface area contributed by atoms with E-state index in [1.807, 2.05) is 30.5 Å². The van der Waals surface area contributed by atoms with Gasteiger partial charge in [0.05, 0.1) is 17.1 Å². The molecule has 0 atom stereocenters. The van der Waals surface area contributed by atoms with E-state index >= 15 is 0 Å². The second-order valence-corrected chi connectivity index (χ2v) is 7.35. The number of hydrogen-bond donors (Lipinski definition) is 3. The van der Waals surface area contributed by atoms with Crippen molar-refractivity contribution in [2.45, 2.75) is 27.7 Å². The fourth-order valence-electron chi connectivity index (χ4n) is 2.89. The average Bonchev–Trinajstić information content (AvgIpc) is 2.72. The van der Waals surface area contributed by atoms with Gasteiger partial charge in [0, 0.05) is 12.3 Å². The quantitative estimate of drug-likeness (QED) is 0.202. The summed E-state index contributed by atoms with van der Waals surface area (Å²) in [6, 6.07) is 16.5. The summed E-state index contributed by atoms with van der Waals surface area (Å²) >= 11 is 0. The lowest BCUT2D eigenvalue weighted by molar-refractivity contribution is 0.884. The van der Waals surface area contributed by atoms with E-state index in [0.717, 1.165) is 28.0 Å². The maximum Gasteiger partial charge on any atom is 0.0800 e. The van der Waals surface area contributed by atoms with Gasteiger partial charge in [-0.05, 0) is 42.0 Å². The Labute approximate surface area is 174 Å². The molecule has 0 fully saturated rings. The minimum atomic E-state index is 0.348. The van der Waals surface area contributed by atoms with Crippen molar-refractivity contribution < 1.29 is 0 Å². The molecule has 0 unspecified atom stereocenters. The predicted molar refractivity (Wildman–Crippen MR) is 125 cm³/mol. The second-order valence-electron chi connectivity index (χ2n) is 7.35. The molecule has 150 valence electrons. The number of nitrogens with zero attached hydrogens (tertiary/aromatic N) is 1. The maximum atomic E-state index is 6.18. The van der Waals surface area contributed by atoms with Gasteiger partial charge in [0.15, 0.2) is 0 Å². The molecule has 0 saturated carbocycles. The lowest BCUT2D eigenvalue weighted by atomic mass is 9.96. The van der Waals surface area contributed by atoms with Crippen LogP contribution in [0.5, 0.6) is 0 Å². The van der Waals surface area contributed by atoms with E-state index in [-0.39, 0.29) is 0 Å². The minimum Gasteiger partial charge on any atom is -0.397 e. The highest BCUT2D eigenvalue weighted by Crippen LogP contribution is 2.23. The Morgan fingerprint density at radius 1 is 1.00 bits per heavy atom. The van der Waals surface area contributed by atoms with Crippen LogP contribution in [0.15, 0.2) is 89.4 Å². The fraction of sp³-hybridized carbons (Fsp3) is 0.200. The van der Waals surface area contributed by atoms with Crippen molar-refractivity contribution in [1.82, 2.24) is 5.43 Å². The third-order valence-electron chi connectivity index (χ3n) is 4.41. The van der Waals surface area contributed by atoms with Crippen molar-refractivity contribution >= 4 is 11.4 Å². The Morgan fingerprint density at radius 3 is 1.93 bits per heavy atom. The van der Waals surface area contributed by atoms with Crippen LogP contribution in [0.3, 0.4) is 0 Å². The molecule has 29 heavy (non-hydrogen) atoms. The van der Waals surface area contributed by atoms with Crippen molar-refractivity contribution in [3.05, 3.63) is 95.5 Å². The maximum absolute atomic E-state index is 6.18. The number of hydrogen-bond acceptors (Lipinski definition) is 4. The van der Waals surface area contributed by atoms with Crippen molar-refractivity contribution in [3.63, 3.8) is 0 Å². The van der Waals surface area contributed by atoms with Crippen LogP contribution in [0, 0.1) is 5.92 Å². The smallest absolute Gasteiger partial charge is 0.0800 e. The van der Waals surface area contributed by atoms with Crippen LogP contribution in [-0.2, 0) is 0 Å². The zero-order valence-electron chi connectivity index (χ0n) is 17.7. The summed E-state index contributed by atoms with van der Waals surface area (Å²) in [6.07, 6.45) is 3.54. The van der Waals surface area contributed by atoms with Crippen molar-refractivity contribution in [3.8, 4) is 11.1 Å². The van der Waals surface area contributed by atoms with Crippen LogP contribution in [0.25, 0.3) is 16.8 Å². The van der Waals surface area contributed by atoms with E-state index in [0.29, 0.717) is 17.3 Å². The molecule has 2 aromatic carbocycles. The van der Waals surface area contributed by atoms with E-state index in [9.17, 15) is 0 Å². The first-order valence-corrected chi connectivity index (χ1v) is 9.61. The lowest BCUT2D eigenvalue weighted by Crippen LogP contribution is -2.23. The number of rotatable bonds is 7. The number of benzene rings is 2. The molecule has 0 aliphatic rings. The molecule has 0 aliphatic heterocycles. The van der Waals surface area contributed by atoms with E-state index in [4.69, 9.17) is 11.6 Å². The molecule has 4 nitrogen and oxygen atoms in total. The first-order valence-electron chi connectivity index (χ1n) is 9.61. The molecule has 0 aliphatic carbocycles. The molecular formula is C25H30N4. The highest BCUT2D eigenvalue weighted by Gasteiger charge is 2.09. The molecule has 0 heterocycles. The summed E-state index contributed by atoms with van der Waals surface area (Å²) < 4.78 is 0. The van der Waals surface area contributed by atoms with Gasteiger partial charge in [-0.3, -0.25) is 10.8 Å². The van der Waals surface area contributed by atoms with Crippen LogP contribution >= 0.6 is 0 Å². The summed E-state index contributed by atoms with van der Waals surface area (Å²) in [5, 5.41) is 0. The molecule has 0 spiro atoms. The monoisotopic (exact) mass is 386 g/mol. The van der Waals surface area contributed by atoms with E-state index in [1.165, 1.54) is 5.57 Å². The van der Waals surface area contributed by atoms with Gasteiger partial charge < -0.3 is 11.2 Å². The van der Waals surface area contributed by atoms with Crippen LogP contribution in [0.2, 0.25) is 0 Å². The second kappa shape index (κ2) is 10.3. The van der Waals surface area contributed by atoms with Gasteiger partial charge in [-0.15, -0.1) is 5.73 Å². The fourth-order valence-corrected chi connectivity index (χ4v) is 2.89. The Morgan fingerprint density at radius 2 is 1.52 bits per heavy atom. The van der Waals surface area contributed by atoms with Crippen molar-refractivity contribution in [2.24, 2.45) is 22.5 Å². The highest BCUT2D eigenvalue weighted by atomic mass is 15.2. The molecule has 0 amide bonds. The molecule has 2 aromatic rings. The summed E-state index contributed by atoms with van der Waals surface area (Å²) in [7, 11) is 0. The summed E-state index contributed by atoms with van der Waals surface area (Å²) in [5.74, 6) is 5.86. The number of allylic oxidation sites excluding steroid dienone is 2. The SMILES string of the molecule is C=C=C/C(NN)=C(/N)c1ccc(-c2ccc(/C(=N/C=C(C)C)C(C)C)cc2)cc1. The number of hydrazine groups is 1. The standard InChI is InChI=1S/C25H30N4/c1-6-7-23(29-27)24(26)21-12-8-19(9-13-21)20-10-14-22(15-11-20)25(18(4)5)28-16-17(2)3/h7-16,18,29H,1,26-27H2,2-5H3/b24-23-,28-25+. The van der Waals surface area contributed by atoms with Gasteiger partial charge >= 0.3 is 0 Å². The zero-order chi connectivity index (χ0) is 21.4. The molecule has 4 heteroatoms. The largest absolute Gasteiger partial charge is 0.397 e. The summed E-state index contributed by atoms with van der Waals surface area (Å²) in [5.41, 5.74) is 19.1. The molecule has 0 bridgehead atoms. The Hall–Kier alpha value is -3.33. The van der Waals surface area contributed by atoms with Gasteiger partial charge in [-0.2, -0.15) is 0 Å². The highest BCUT2D eigenvalue weighted by molar-refractivity contribution is 6.02. The summed E-state index contributed by atoms with van der Waals surface area (Å²) in [6.45, 7) is 12.0.